The molecule has 0 radical (unpaired) electrons. The minimum Gasteiger partial charge on any atom is -0.317 e. The first-order chi connectivity index (χ1) is 4.72. The molecule has 2 atom stereocenters. The standard InChI is InChI=1S/C9H19N/c1-5-6-7-8(2)9(3)10-4/h5,8-10H,1,6-7H2,2-4H3. The van der Waals surface area contributed by atoms with Crippen LogP contribution in [-0.2, 0) is 0 Å². The van der Waals surface area contributed by atoms with Crippen LogP contribution in [0, 0.1) is 5.92 Å². The van der Waals surface area contributed by atoms with Crippen molar-refractivity contribution in [2.24, 2.45) is 5.92 Å². The van der Waals surface area contributed by atoms with Gasteiger partial charge in [-0.3, -0.25) is 0 Å². The first-order valence-corrected chi connectivity index (χ1v) is 4.00. The van der Waals surface area contributed by atoms with E-state index in [1.165, 1.54) is 6.42 Å². The van der Waals surface area contributed by atoms with Crippen LogP contribution in [0.2, 0.25) is 0 Å². The normalized spacial score (nSPS) is 16.3. The lowest BCUT2D eigenvalue weighted by atomic mass is 9.98. The van der Waals surface area contributed by atoms with Crippen LogP contribution in [0.15, 0.2) is 12.7 Å². The number of hydrogen-bond donors (Lipinski definition) is 1. The molecule has 0 heterocycles. The van der Waals surface area contributed by atoms with Crippen LogP contribution in [0.3, 0.4) is 0 Å². The van der Waals surface area contributed by atoms with Crippen LogP contribution in [0.5, 0.6) is 0 Å². The fourth-order valence-electron chi connectivity index (χ4n) is 0.915. The molecule has 0 aromatic carbocycles. The lowest BCUT2D eigenvalue weighted by Gasteiger charge is -2.17. The molecule has 10 heavy (non-hydrogen) atoms. The third-order valence-corrected chi connectivity index (χ3v) is 2.14. The van der Waals surface area contributed by atoms with Gasteiger partial charge in [0.2, 0.25) is 0 Å². The Hall–Kier alpha value is -0.300. The molecule has 0 aromatic rings. The molecule has 60 valence electrons. The first-order valence-electron chi connectivity index (χ1n) is 4.00. The molecule has 0 aliphatic heterocycles. The van der Waals surface area contributed by atoms with Gasteiger partial charge in [-0.25, -0.2) is 0 Å². The summed E-state index contributed by atoms with van der Waals surface area (Å²) in [4.78, 5) is 0. The molecule has 1 N–H and O–H groups in total. The Bertz CT molecular complexity index is 88.7. The molecule has 0 bridgehead atoms. The summed E-state index contributed by atoms with van der Waals surface area (Å²) in [6.07, 6.45) is 4.36. The van der Waals surface area contributed by atoms with Gasteiger partial charge < -0.3 is 5.32 Å². The highest BCUT2D eigenvalue weighted by Gasteiger charge is 2.07. The average molecular weight is 141 g/mol. The maximum Gasteiger partial charge on any atom is 0.00614 e. The monoisotopic (exact) mass is 141 g/mol. The molecule has 1 nitrogen and oxygen atoms in total. The van der Waals surface area contributed by atoms with E-state index in [9.17, 15) is 0 Å². The van der Waals surface area contributed by atoms with Crippen LogP contribution in [0.25, 0.3) is 0 Å². The van der Waals surface area contributed by atoms with Gasteiger partial charge in [0.25, 0.3) is 0 Å². The van der Waals surface area contributed by atoms with E-state index in [4.69, 9.17) is 0 Å². The molecule has 0 aromatic heterocycles. The predicted octanol–water partition coefficient (Wildman–Crippen LogP) is 2.20. The van der Waals surface area contributed by atoms with Gasteiger partial charge in [-0.15, -0.1) is 6.58 Å². The molecular weight excluding hydrogens is 122 g/mol. The lowest BCUT2D eigenvalue weighted by molar-refractivity contribution is 0.404. The Morgan fingerprint density at radius 3 is 2.50 bits per heavy atom. The highest BCUT2D eigenvalue weighted by Crippen LogP contribution is 2.09. The van der Waals surface area contributed by atoms with Crippen molar-refractivity contribution in [1.82, 2.24) is 5.32 Å². The summed E-state index contributed by atoms with van der Waals surface area (Å²) >= 11 is 0. The summed E-state index contributed by atoms with van der Waals surface area (Å²) < 4.78 is 0. The Kier molecular flexibility index (Phi) is 5.32. The molecule has 0 fully saturated rings. The summed E-state index contributed by atoms with van der Waals surface area (Å²) in [5, 5.41) is 3.24. The van der Waals surface area contributed by atoms with Crippen molar-refractivity contribution >= 4 is 0 Å². The number of hydrogen-bond acceptors (Lipinski definition) is 1. The highest BCUT2D eigenvalue weighted by atomic mass is 14.9. The van der Waals surface area contributed by atoms with Gasteiger partial charge in [-0.05, 0) is 32.7 Å². The Morgan fingerprint density at radius 2 is 2.10 bits per heavy atom. The van der Waals surface area contributed by atoms with Gasteiger partial charge in [0, 0.05) is 6.04 Å². The van der Waals surface area contributed by atoms with Crippen LogP contribution >= 0.6 is 0 Å². The van der Waals surface area contributed by atoms with E-state index in [0.29, 0.717) is 6.04 Å². The SMILES string of the molecule is C=CCCC(C)C(C)NC. The first kappa shape index (κ1) is 9.70. The van der Waals surface area contributed by atoms with Crippen molar-refractivity contribution in [3.63, 3.8) is 0 Å². The fourth-order valence-corrected chi connectivity index (χ4v) is 0.915. The van der Waals surface area contributed by atoms with Crippen LogP contribution in [-0.4, -0.2) is 13.1 Å². The van der Waals surface area contributed by atoms with Crippen molar-refractivity contribution in [3.05, 3.63) is 12.7 Å². The minimum atomic E-state index is 0.625. The highest BCUT2D eigenvalue weighted by molar-refractivity contribution is 4.72. The Morgan fingerprint density at radius 1 is 1.50 bits per heavy atom. The molecule has 0 amide bonds. The molecule has 0 spiro atoms. The third-order valence-electron chi connectivity index (χ3n) is 2.14. The van der Waals surface area contributed by atoms with E-state index in [-0.39, 0.29) is 0 Å². The summed E-state index contributed by atoms with van der Waals surface area (Å²) in [5.41, 5.74) is 0. The molecule has 2 unspecified atom stereocenters. The molecule has 0 aliphatic rings. The van der Waals surface area contributed by atoms with Crippen molar-refractivity contribution in [3.8, 4) is 0 Å². The van der Waals surface area contributed by atoms with E-state index in [0.717, 1.165) is 12.3 Å². The zero-order chi connectivity index (χ0) is 7.98. The minimum absolute atomic E-state index is 0.625. The molecular formula is C9H19N. The summed E-state index contributed by atoms with van der Waals surface area (Å²) in [6.45, 7) is 8.18. The molecule has 0 rings (SSSR count). The van der Waals surface area contributed by atoms with E-state index in [2.05, 4.69) is 25.7 Å². The van der Waals surface area contributed by atoms with Crippen molar-refractivity contribution in [2.45, 2.75) is 32.7 Å². The quantitative estimate of drug-likeness (QED) is 0.579. The van der Waals surface area contributed by atoms with Gasteiger partial charge in [-0.2, -0.15) is 0 Å². The molecule has 0 saturated heterocycles. The fraction of sp³-hybridized carbons (Fsp3) is 0.778. The van der Waals surface area contributed by atoms with Crippen molar-refractivity contribution < 1.29 is 0 Å². The van der Waals surface area contributed by atoms with Crippen LogP contribution < -0.4 is 5.32 Å². The largest absolute Gasteiger partial charge is 0.317 e. The predicted molar refractivity (Wildman–Crippen MR) is 47.1 cm³/mol. The van der Waals surface area contributed by atoms with Crippen LogP contribution in [0.4, 0.5) is 0 Å². The Balaban J connectivity index is 3.40. The summed E-state index contributed by atoms with van der Waals surface area (Å²) in [5.74, 6) is 0.753. The number of rotatable bonds is 5. The average Bonchev–Trinajstić information content (AvgIpc) is 1.98. The van der Waals surface area contributed by atoms with Gasteiger partial charge in [0.05, 0.1) is 0 Å². The van der Waals surface area contributed by atoms with Crippen molar-refractivity contribution in [1.29, 1.82) is 0 Å². The van der Waals surface area contributed by atoms with E-state index in [1.807, 2.05) is 13.1 Å². The number of allylic oxidation sites excluding steroid dienone is 1. The van der Waals surface area contributed by atoms with E-state index < -0.39 is 0 Å². The van der Waals surface area contributed by atoms with Crippen molar-refractivity contribution in [2.75, 3.05) is 7.05 Å². The molecule has 0 aliphatic carbocycles. The van der Waals surface area contributed by atoms with Gasteiger partial charge in [0.15, 0.2) is 0 Å². The topological polar surface area (TPSA) is 12.0 Å². The molecule has 1 heteroatoms. The van der Waals surface area contributed by atoms with Gasteiger partial charge in [0.1, 0.15) is 0 Å². The maximum absolute atomic E-state index is 3.70. The lowest BCUT2D eigenvalue weighted by Crippen LogP contribution is -2.28. The smallest absolute Gasteiger partial charge is 0.00614 e. The zero-order valence-electron chi connectivity index (χ0n) is 7.35. The van der Waals surface area contributed by atoms with E-state index in [1.54, 1.807) is 0 Å². The zero-order valence-corrected chi connectivity index (χ0v) is 7.35. The second-order valence-electron chi connectivity index (χ2n) is 2.92. The summed E-state index contributed by atoms with van der Waals surface area (Å²) in [6, 6.07) is 0.625. The molecule has 0 saturated carbocycles. The van der Waals surface area contributed by atoms with Gasteiger partial charge in [-0.1, -0.05) is 13.0 Å². The second-order valence-corrected chi connectivity index (χ2v) is 2.92. The number of nitrogens with one attached hydrogen (secondary N) is 1. The van der Waals surface area contributed by atoms with Gasteiger partial charge >= 0.3 is 0 Å². The maximum atomic E-state index is 3.70. The summed E-state index contributed by atoms with van der Waals surface area (Å²) in [7, 11) is 2.01. The van der Waals surface area contributed by atoms with E-state index >= 15 is 0 Å². The second kappa shape index (κ2) is 5.48. The third kappa shape index (κ3) is 3.67. The van der Waals surface area contributed by atoms with Crippen LogP contribution in [0.1, 0.15) is 26.7 Å². The Labute approximate surface area is 64.5 Å².